The molecule has 0 aromatic carbocycles. The van der Waals surface area contributed by atoms with Crippen LogP contribution in [0.2, 0.25) is 0 Å². The molecular formula is C11H12N4O2S. The average Bonchev–Trinajstić information content (AvgIpc) is 2.76. The number of hydrogen-bond acceptors (Lipinski definition) is 6. The van der Waals surface area contributed by atoms with E-state index in [0.29, 0.717) is 12.2 Å². The highest BCUT2D eigenvalue weighted by Crippen LogP contribution is 2.23. The normalized spacial score (nSPS) is 10.3. The Bertz CT molecular complexity index is 538. The lowest BCUT2D eigenvalue weighted by Gasteiger charge is -2.02. The van der Waals surface area contributed by atoms with Crippen molar-refractivity contribution in [1.82, 2.24) is 19.7 Å². The van der Waals surface area contributed by atoms with Gasteiger partial charge in [0.15, 0.2) is 5.16 Å². The largest absolute Gasteiger partial charge is 0.462 e. The zero-order valence-electron chi connectivity index (χ0n) is 10.0. The Morgan fingerprint density at radius 2 is 2.33 bits per heavy atom. The topological polar surface area (TPSA) is 69.9 Å². The molecule has 2 aromatic rings. The van der Waals surface area contributed by atoms with Crippen molar-refractivity contribution in [3.05, 3.63) is 30.2 Å². The van der Waals surface area contributed by atoms with Crippen LogP contribution in [0.25, 0.3) is 0 Å². The summed E-state index contributed by atoms with van der Waals surface area (Å²) in [4.78, 5) is 15.6. The molecule has 18 heavy (non-hydrogen) atoms. The molecular weight excluding hydrogens is 252 g/mol. The number of ether oxygens (including phenoxy) is 1. The van der Waals surface area contributed by atoms with Crippen LogP contribution >= 0.6 is 11.8 Å². The Kier molecular flexibility index (Phi) is 3.93. The summed E-state index contributed by atoms with van der Waals surface area (Å²) >= 11 is 1.38. The molecule has 0 saturated heterocycles. The fourth-order valence-electron chi connectivity index (χ4n) is 1.23. The molecule has 0 unspecified atom stereocenters. The van der Waals surface area contributed by atoms with Gasteiger partial charge in [-0.05, 0) is 30.8 Å². The Morgan fingerprint density at radius 3 is 2.89 bits per heavy atom. The van der Waals surface area contributed by atoms with E-state index in [9.17, 15) is 4.79 Å². The summed E-state index contributed by atoms with van der Waals surface area (Å²) in [5, 5.41) is 9.21. The zero-order valence-corrected chi connectivity index (χ0v) is 10.8. The first-order chi connectivity index (χ1) is 8.70. The fraction of sp³-hybridized carbons (Fsp3) is 0.273. The minimum atomic E-state index is -0.361. The second kappa shape index (κ2) is 5.63. The quantitative estimate of drug-likeness (QED) is 0.780. The van der Waals surface area contributed by atoms with Crippen molar-refractivity contribution in [1.29, 1.82) is 0 Å². The number of pyridine rings is 1. The minimum absolute atomic E-state index is 0.355. The summed E-state index contributed by atoms with van der Waals surface area (Å²) in [5.74, 6) is -0.361. The molecule has 0 spiro atoms. The molecule has 2 aromatic heterocycles. The third-order valence-corrected chi connectivity index (χ3v) is 3.12. The van der Waals surface area contributed by atoms with E-state index in [1.165, 1.54) is 18.0 Å². The standard InChI is InChI=1S/C11H12N4O2S/c1-3-17-10(16)8-4-5-9(12-6-8)18-11-14-13-7-15(11)2/h4-7H,3H2,1-2H3. The molecule has 0 N–H and O–H groups in total. The van der Waals surface area contributed by atoms with Crippen LogP contribution in [-0.4, -0.2) is 32.3 Å². The van der Waals surface area contributed by atoms with E-state index in [0.717, 1.165) is 10.2 Å². The van der Waals surface area contributed by atoms with Crippen LogP contribution in [0.4, 0.5) is 0 Å². The molecule has 2 rings (SSSR count). The molecule has 0 aliphatic carbocycles. The van der Waals surface area contributed by atoms with E-state index in [4.69, 9.17) is 4.74 Å². The van der Waals surface area contributed by atoms with Crippen LogP contribution in [-0.2, 0) is 11.8 Å². The van der Waals surface area contributed by atoms with Crippen LogP contribution < -0.4 is 0 Å². The minimum Gasteiger partial charge on any atom is -0.462 e. The maximum atomic E-state index is 11.4. The van der Waals surface area contributed by atoms with Crippen molar-refractivity contribution < 1.29 is 9.53 Å². The van der Waals surface area contributed by atoms with Gasteiger partial charge in [-0.3, -0.25) is 0 Å². The highest BCUT2D eigenvalue weighted by molar-refractivity contribution is 7.99. The summed E-state index contributed by atoms with van der Waals surface area (Å²) in [7, 11) is 1.86. The zero-order chi connectivity index (χ0) is 13.0. The molecule has 0 fully saturated rings. The smallest absolute Gasteiger partial charge is 0.339 e. The van der Waals surface area contributed by atoms with Gasteiger partial charge < -0.3 is 9.30 Å². The first-order valence-corrected chi connectivity index (χ1v) is 6.17. The number of aromatic nitrogens is 4. The van der Waals surface area contributed by atoms with Crippen LogP contribution in [0, 0.1) is 0 Å². The second-order valence-electron chi connectivity index (χ2n) is 3.43. The van der Waals surface area contributed by atoms with E-state index in [1.54, 1.807) is 30.0 Å². The van der Waals surface area contributed by atoms with E-state index in [-0.39, 0.29) is 5.97 Å². The Hall–Kier alpha value is -1.89. The van der Waals surface area contributed by atoms with Gasteiger partial charge in [0, 0.05) is 13.2 Å². The third kappa shape index (κ3) is 2.86. The summed E-state index contributed by atoms with van der Waals surface area (Å²) in [5.41, 5.74) is 0.444. The summed E-state index contributed by atoms with van der Waals surface area (Å²) in [6, 6.07) is 3.44. The molecule has 0 amide bonds. The summed E-state index contributed by atoms with van der Waals surface area (Å²) < 4.78 is 6.68. The van der Waals surface area contributed by atoms with Crippen LogP contribution in [0.5, 0.6) is 0 Å². The van der Waals surface area contributed by atoms with Gasteiger partial charge in [0.25, 0.3) is 0 Å². The van der Waals surface area contributed by atoms with Crippen molar-refractivity contribution in [3.8, 4) is 0 Å². The van der Waals surface area contributed by atoms with Crippen molar-refractivity contribution in [2.75, 3.05) is 6.61 Å². The number of carbonyl (C=O) groups excluding carboxylic acids is 1. The van der Waals surface area contributed by atoms with Crippen molar-refractivity contribution in [2.45, 2.75) is 17.1 Å². The highest BCUT2D eigenvalue weighted by Gasteiger charge is 2.08. The maximum Gasteiger partial charge on any atom is 0.339 e. The summed E-state index contributed by atoms with van der Waals surface area (Å²) in [6.45, 7) is 2.12. The molecule has 0 radical (unpaired) electrons. The van der Waals surface area contributed by atoms with E-state index in [2.05, 4.69) is 15.2 Å². The Balaban J connectivity index is 2.08. The molecule has 0 aliphatic heterocycles. The van der Waals surface area contributed by atoms with Crippen LogP contribution in [0.3, 0.4) is 0 Å². The fourth-order valence-corrected chi connectivity index (χ4v) is 1.94. The van der Waals surface area contributed by atoms with Gasteiger partial charge in [-0.25, -0.2) is 9.78 Å². The highest BCUT2D eigenvalue weighted by atomic mass is 32.2. The van der Waals surface area contributed by atoms with Crippen molar-refractivity contribution in [2.24, 2.45) is 7.05 Å². The lowest BCUT2D eigenvalue weighted by molar-refractivity contribution is 0.0525. The van der Waals surface area contributed by atoms with E-state index < -0.39 is 0 Å². The number of aryl methyl sites for hydroxylation is 1. The average molecular weight is 264 g/mol. The van der Waals surface area contributed by atoms with E-state index >= 15 is 0 Å². The molecule has 2 heterocycles. The first-order valence-electron chi connectivity index (χ1n) is 5.35. The monoisotopic (exact) mass is 264 g/mol. The third-order valence-electron chi connectivity index (χ3n) is 2.11. The molecule has 0 atom stereocenters. The summed E-state index contributed by atoms with van der Waals surface area (Å²) in [6.07, 6.45) is 3.12. The second-order valence-corrected chi connectivity index (χ2v) is 4.42. The van der Waals surface area contributed by atoms with Gasteiger partial charge in [0.05, 0.1) is 12.2 Å². The lowest BCUT2D eigenvalue weighted by Crippen LogP contribution is -2.04. The molecule has 0 saturated carbocycles. The molecule has 6 nitrogen and oxygen atoms in total. The van der Waals surface area contributed by atoms with Crippen molar-refractivity contribution >= 4 is 17.7 Å². The number of rotatable bonds is 4. The van der Waals surface area contributed by atoms with E-state index in [1.807, 2.05) is 7.05 Å². The molecule has 7 heteroatoms. The lowest BCUT2D eigenvalue weighted by atomic mass is 10.3. The van der Waals surface area contributed by atoms with Gasteiger partial charge >= 0.3 is 5.97 Å². The van der Waals surface area contributed by atoms with Crippen LogP contribution in [0.1, 0.15) is 17.3 Å². The number of esters is 1. The van der Waals surface area contributed by atoms with Gasteiger partial charge in [0.1, 0.15) is 11.4 Å². The van der Waals surface area contributed by atoms with Crippen LogP contribution in [0.15, 0.2) is 34.8 Å². The Morgan fingerprint density at radius 1 is 1.50 bits per heavy atom. The van der Waals surface area contributed by atoms with Crippen molar-refractivity contribution in [3.63, 3.8) is 0 Å². The van der Waals surface area contributed by atoms with Gasteiger partial charge in [-0.2, -0.15) is 0 Å². The van der Waals surface area contributed by atoms with Gasteiger partial charge in [-0.15, -0.1) is 10.2 Å². The predicted octanol–water partition coefficient (Wildman–Crippen LogP) is 1.54. The Labute approximate surface area is 108 Å². The molecule has 94 valence electrons. The molecule has 0 aliphatic rings. The number of hydrogen-bond donors (Lipinski definition) is 0. The first kappa shape index (κ1) is 12.6. The number of carbonyl (C=O) groups is 1. The predicted molar refractivity (Wildman–Crippen MR) is 65.3 cm³/mol. The maximum absolute atomic E-state index is 11.4. The number of nitrogens with zero attached hydrogens (tertiary/aromatic N) is 4. The SMILES string of the molecule is CCOC(=O)c1ccc(Sc2nncn2C)nc1. The molecule has 0 bridgehead atoms. The van der Waals surface area contributed by atoms with Gasteiger partial charge in [0.2, 0.25) is 0 Å². The van der Waals surface area contributed by atoms with Gasteiger partial charge in [-0.1, -0.05) is 0 Å².